The Kier molecular flexibility index (Phi) is 8.16. The number of para-hydroxylation sites is 1. The molecule has 5 heteroatoms. The van der Waals surface area contributed by atoms with Crippen molar-refractivity contribution in [1.82, 2.24) is 5.32 Å². The lowest BCUT2D eigenvalue weighted by Gasteiger charge is -2.15. The van der Waals surface area contributed by atoms with Crippen molar-refractivity contribution in [3.63, 3.8) is 0 Å². The van der Waals surface area contributed by atoms with E-state index in [2.05, 4.69) is 5.32 Å². The molecule has 18 heavy (non-hydrogen) atoms. The number of amides is 1. The number of hydrogen-bond acceptors (Lipinski definition) is 3. The van der Waals surface area contributed by atoms with Gasteiger partial charge in [-0.15, -0.1) is 12.4 Å². The van der Waals surface area contributed by atoms with E-state index >= 15 is 0 Å². The SMILES string of the molecule is CC(N)CC(=O)NCC(C)Oc1ccccc1.Cl. The molecule has 2 unspecified atom stereocenters. The predicted octanol–water partition coefficient (Wildman–Crippen LogP) is 1.73. The van der Waals surface area contributed by atoms with Crippen LogP contribution in [0.5, 0.6) is 5.75 Å². The molecule has 1 aromatic rings. The fraction of sp³-hybridized carbons (Fsp3) is 0.462. The highest BCUT2D eigenvalue weighted by atomic mass is 35.5. The van der Waals surface area contributed by atoms with Gasteiger partial charge in [0.05, 0.1) is 6.54 Å². The molecule has 0 spiro atoms. The molecule has 0 aliphatic carbocycles. The first-order valence-electron chi connectivity index (χ1n) is 5.82. The molecule has 3 N–H and O–H groups in total. The topological polar surface area (TPSA) is 64.4 Å². The molecule has 0 aliphatic heterocycles. The first-order valence-corrected chi connectivity index (χ1v) is 5.82. The molecule has 1 amide bonds. The number of ether oxygens (including phenoxy) is 1. The van der Waals surface area contributed by atoms with E-state index in [-0.39, 0.29) is 30.5 Å². The van der Waals surface area contributed by atoms with Crippen LogP contribution in [0.3, 0.4) is 0 Å². The first-order chi connectivity index (χ1) is 8.08. The Hall–Kier alpha value is -1.26. The largest absolute Gasteiger partial charge is 0.489 e. The van der Waals surface area contributed by atoms with Crippen LogP contribution in [0.2, 0.25) is 0 Å². The lowest BCUT2D eigenvalue weighted by Crippen LogP contribution is -2.36. The number of hydrogen-bond donors (Lipinski definition) is 2. The lowest BCUT2D eigenvalue weighted by molar-refractivity contribution is -0.121. The fourth-order valence-electron chi connectivity index (χ4n) is 1.40. The summed E-state index contributed by atoms with van der Waals surface area (Å²) in [6.07, 6.45) is 0.285. The van der Waals surface area contributed by atoms with Gasteiger partial charge in [0.2, 0.25) is 5.91 Å². The highest BCUT2D eigenvalue weighted by molar-refractivity contribution is 5.85. The van der Waals surface area contributed by atoms with E-state index in [4.69, 9.17) is 10.5 Å². The van der Waals surface area contributed by atoms with Gasteiger partial charge in [0, 0.05) is 12.5 Å². The zero-order valence-corrected chi connectivity index (χ0v) is 11.6. The highest BCUT2D eigenvalue weighted by Gasteiger charge is 2.08. The van der Waals surface area contributed by atoms with Crippen LogP contribution in [0.1, 0.15) is 20.3 Å². The van der Waals surface area contributed by atoms with Crippen molar-refractivity contribution in [2.75, 3.05) is 6.54 Å². The Morgan fingerprint density at radius 3 is 2.50 bits per heavy atom. The van der Waals surface area contributed by atoms with E-state index in [1.165, 1.54) is 0 Å². The van der Waals surface area contributed by atoms with Crippen LogP contribution in [0.4, 0.5) is 0 Å². The molecule has 102 valence electrons. The van der Waals surface area contributed by atoms with Crippen molar-refractivity contribution in [2.24, 2.45) is 5.73 Å². The van der Waals surface area contributed by atoms with Crippen molar-refractivity contribution in [3.8, 4) is 5.75 Å². The third-order valence-electron chi connectivity index (χ3n) is 2.17. The Morgan fingerprint density at radius 1 is 1.33 bits per heavy atom. The lowest BCUT2D eigenvalue weighted by atomic mass is 10.2. The molecule has 4 nitrogen and oxygen atoms in total. The minimum absolute atomic E-state index is 0. The molecule has 2 atom stereocenters. The van der Waals surface area contributed by atoms with Crippen molar-refractivity contribution < 1.29 is 9.53 Å². The summed E-state index contributed by atoms with van der Waals surface area (Å²) < 4.78 is 5.62. The normalized spacial score (nSPS) is 13.1. The summed E-state index contributed by atoms with van der Waals surface area (Å²) in [6.45, 7) is 4.21. The summed E-state index contributed by atoms with van der Waals surface area (Å²) in [5.41, 5.74) is 5.53. The second kappa shape index (κ2) is 8.78. The molecule has 1 rings (SSSR count). The van der Waals surface area contributed by atoms with Gasteiger partial charge in [0.25, 0.3) is 0 Å². The quantitative estimate of drug-likeness (QED) is 0.829. The Bertz CT molecular complexity index is 344. The van der Waals surface area contributed by atoms with Crippen molar-refractivity contribution in [2.45, 2.75) is 32.4 Å². The Balaban J connectivity index is 0.00000289. The van der Waals surface area contributed by atoms with E-state index < -0.39 is 0 Å². The van der Waals surface area contributed by atoms with Gasteiger partial charge in [-0.05, 0) is 26.0 Å². The average molecular weight is 273 g/mol. The minimum Gasteiger partial charge on any atom is -0.489 e. The summed E-state index contributed by atoms with van der Waals surface area (Å²) in [7, 11) is 0. The molecular weight excluding hydrogens is 252 g/mol. The number of benzene rings is 1. The average Bonchev–Trinajstić information content (AvgIpc) is 2.27. The molecule has 0 aromatic heterocycles. The third-order valence-corrected chi connectivity index (χ3v) is 2.17. The van der Waals surface area contributed by atoms with Gasteiger partial charge in [-0.1, -0.05) is 18.2 Å². The number of nitrogens with two attached hydrogens (primary N) is 1. The van der Waals surface area contributed by atoms with Crippen LogP contribution >= 0.6 is 12.4 Å². The summed E-state index contributed by atoms with van der Waals surface area (Å²) in [6, 6.07) is 9.43. The molecule has 0 radical (unpaired) electrons. The first kappa shape index (κ1) is 16.7. The predicted molar refractivity (Wildman–Crippen MR) is 75.1 cm³/mol. The summed E-state index contributed by atoms with van der Waals surface area (Å²) in [5.74, 6) is 0.768. The van der Waals surface area contributed by atoms with Gasteiger partial charge in [-0.2, -0.15) is 0 Å². The smallest absolute Gasteiger partial charge is 0.221 e. The fourth-order valence-corrected chi connectivity index (χ4v) is 1.40. The maximum Gasteiger partial charge on any atom is 0.221 e. The van der Waals surface area contributed by atoms with Crippen LogP contribution in [0, 0.1) is 0 Å². The molecule has 0 aliphatic rings. The molecule has 0 saturated heterocycles. The van der Waals surface area contributed by atoms with Gasteiger partial charge >= 0.3 is 0 Å². The van der Waals surface area contributed by atoms with Crippen LogP contribution in [0.15, 0.2) is 30.3 Å². The maximum atomic E-state index is 11.4. The van der Waals surface area contributed by atoms with Gasteiger partial charge in [0.1, 0.15) is 11.9 Å². The van der Waals surface area contributed by atoms with Crippen molar-refractivity contribution >= 4 is 18.3 Å². The summed E-state index contributed by atoms with van der Waals surface area (Å²) >= 11 is 0. The third kappa shape index (κ3) is 7.14. The summed E-state index contributed by atoms with van der Waals surface area (Å²) in [4.78, 5) is 11.4. The van der Waals surface area contributed by atoms with E-state index in [0.717, 1.165) is 5.75 Å². The van der Waals surface area contributed by atoms with Crippen molar-refractivity contribution in [1.29, 1.82) is 0 Å². The van der Waals surface area contributed by atoms with Crippen LogP contribution in [-0.4, -0.2) is 24.6 Å². The number of halogens is 1. The number of carbonyl (C=O) groups is 1. The van der Waals surface area contributed by atoms with Gasteiger partial charge < -0.3 is 15.8 Å². The van der Waals surface area contributed by atoms with Crippen LogP contribution in [-0.2, 0) is 4.79 Å². The van der Waals surface area contributed by atoms with Gasteiger partial charge in [-0.25, -0.2) is 0 Å². The molecule has 1 aromatic carbocycles. The van der Waals surface area contributed by atoms with Crippen LogP contribution < -0.4 is 15.8 Å². The van der Waals surface area contributed by atoms with E-state index in [1.54, 1.807) is 0 Å². The standard InChI is InChI=1S/C13H20N2O2.ClH/c1-10(14)8-13(16)15-9-11(2)17-12-6-4-3-5-7-12;/h3-7,10-11H,8-9,14H2,1-2H3,(H,15,16);1H. The maximum absolute atomic E-state index is 11.4. The molecule has 0 heterocycles. The second-order valence-corrected chi connectivity index (χ2v) is 4.23. The van der Waals surface area contributed by atoms with Crippen molar-refractivity contribution in [3.05, 3.63) is 30.3 Å². The van der Waals surface area contributed by atoms with Crippen LogP contribution in [0.25, 0.3) is 0 Å². The second-order valence-electron chi connectivity index (χ2n) is 4.23. The number of nitrogens with one attached hydrogen (secondary N) is 1. The Morgan fingerprint density at radius 2 is 1.94 bits per heavy atom. The number of rotatable bonds is 6. The zero-order chi connectivity index (χ0) is 12.7. The van der Waals surface area contributed by atoms with E-state index in [0.29, 0.717) is 13.0 Å². The zero-order valence-electron chi connectivity index (χ0n) is 10.8. The molecule has 0 bridgehead atoms. The minimum atomic E-state index is -0.111. The Labute approximate surface area is 114 Å². The molecular formula is C13H21ClN2O2. The monoisotopic (exact) mass is 272 g/mol. The van der Waals surface area contributed by atoms with E-state index in [1.807, 2.05) is 44.2 Å². The molecule has 0 saturated carbocycles. The van der Waals surface area contributed by atoms with Gasteiger partial charge in [-0.3, -0.25) is 4.79 Å². The van der Waals surface area contributed by atoms with Gasteiger partial charge in [0.15, 0.2) is 0 Å². The highest BCUT2D eigenvalue weighted by Crippen LogP contribution is 2.10. The molecule has 0 fully saturated rings. The number of carbonyl (C=O) groups excluding carboxylic acids is 1. The summed E-state index contributed by atoms with van der Waals surface area (Å²) in [5, 5.41) is 2.79. The van der Waals surface area contributed by atoms with E-state index in [9.17, 15) is 4.79 Å².